The third kappa shape index (κ3) is 7.47. The van der Waals surface area contributed by atoms with Gasteiger partial charge in [-0.1, -0.05) is 17.9 Å². The number of nitrogens with one attached hydrogen (secondary N) is 3. The van der Waals surface area contributed by atoms with Gasteiger partial charge in [-0.05, 0) is 91.8 Å². The molecule has 0 bridgehead atoms. The number of nitrogens with zero attached hydrogens (tertiary/aromatic N) is 5. The molecule has 3 N–H and O–H groups in total. The Morgan fingerprint density at radius 2 is 1.80 bits per heavy atom. The number of carbonyl (C=O) groups is 3. The summed E-state index contributed by atoms with van der Waals surface area (Å²) in [6.07, 6.45) is 6.00. The van der Waals surface area contributed by atoms with Gasteiger partial charge in [0.1, 0.15) is 11.7 Å². The summed E-state index contributed by atoms with van der Waals surface area (Å²) in [5.74, 6) is 5.37. The number of aromatic nitrogens is 4. The third-order valence-electron chi connectivity index (χ3n) is 10.2. The number of aryl methyl sites for hydroxylation is 3. The molecule has 7 rings (SSSR count). The highest BCUT2D eigenvalue weighted by Gasteiger charge is 2.27. The van der Waals surface area contributed by atoms with Crippen LogP contribution in [-0.4, -0.2) is 69.7 Å². The number of piperidine rings is 1. The second-order valence-electron chi connectivity index (χ2n) is 13.8. The second-order valence-corrected chi connectivity index (χ2v) is 13.8. The van der Waals surface area contributed by atoms with E-state index in [-0.39, 0.29) is 30.0 Å². The number of rotatable bonds is 8. The summed E-state index contributed by atoms with van der Waals surface area (Å²) in [4.78, 5) is 60.7. The maximum absolute atomic E-state index is 13.0. The van der Waals surface area contributed by atoms with E-state index in [4.69, 9.17) is 9.72 Å². The minimum Gasteiger partial charge on any atom is -0.381 e. The molecular formula is C41H42N8O5. The fourth-order valence-electron chi connectivity index (χ4n) is 7.11. The molecule has 2 aliphatic rings. The van der Waals surface area contributed by atoms with Crippen LogP contribution in [0.25, 0.3) is 22.3 Å². The van der Waals surface area contributed by atoms with Crippen LogP contribution in [0.5, 0.6) is 0 Å². The van der Waals surface area contributed by atoms with Crippen molar-refractivity contribution in [1.82, 2.24) is 29.7 Å². The molecule has 2 aromatic carbocycles. The molecule has 3 amide bonds. The number of fused-ring (bicyclic) bond motifs is 1. The zero-order chi connectivity index (χ0) is 37.9. The number of anilines is 3. The molecule has 2 aliphatic heterocycles. The predicted octanol–water partition coefficient (Wildman–Crippen LogP) is 4.30. The van der Waals surface area contributed by atoms with Crippen molar-refractivity contribution in [3.05, 3.63) is 99.9 Å². The molecule has 1 unspecified atom stereocenters. The van der Waals surface area contributed by atoms with Gasteiger partial charge >= 0.3 is 5.69 Å². The van der Waals surface area contributed by atoms with Crippen molar-refractivity contribution in [3.63, 3.8) is 0 Å². The van der Waals surface area contributed by atoms with Gasteiger partial charge < -0.3 is 20.3 Å². The number of pyridine rings is 2. The molecule has 54 heavy (non-hydrogen) atoms. The van der Waals surface area contributed by atoms with Crippen LogP contribution < -0.4 is 26.5 Å². The van der Waals surface area contributed by atoms with Crippen molar-refractivity contribution in [3.8, 4) is 23.1 Å². The lowest BCUT2D eigenvalue weighted by Gasteiger charge is -2.26. The van der Waals surface area contributed by atoms with E-state index < -0.39 is 6.04 Å². The standard InChI is InChI=1S/C41H42N8O5/c1-25-19-28(23-44-37(25)40(52)42-16-6-8-26-7-5-9-29(20-26)45-34-12-13-36(50)46-39(34)51)33-11-10-30(24-43-33)47(2)31-21-32(27-14-17-54-18-15-27)38-35(22-31)48(3)41(53)49(38)4/h5,7,9-11,19-24,27,34,45H,12-18H2,1-4H3,(H,42,52)(H,46,50,51). The Morgan fingerprint density at radius 3 is 2.54 bits per heavy atom. The molecule has 0 spiro atoms. The first-order valence-electron chi connectivity index (χ1n) is 18.0. The Bertz CT molecular complexity index is 2380. The van der Waals surface area contributed by atoms with Crippen LogP contribution in [0.4, 0.5) is 17.1 Å². The lowest BCUT2D eigenvalue weighted by molar-refractivity contribution is -0.133. The van der Waals surface area contributed by atoms with Gasteiger partial charge in [0.25, 0.3) is 5.91 Å². The van der Waals surface area contributed by atoms with E-state index in [1.807, 2.05) is 76.7 Å². The van der Waals surface area contributed by atoms with Gasteiger partial charge in [0.05, 0.1) is 35.2 Å². The molecule has 1 atom stereocenters. The molecule has 0 saturated carbocycles. The van der Waals surface area contributed by atoms with Gasteiger partial charge in [0, 0.05) is 69.5 Å². The molecule has 276 valence electrons. The molecule has 5 heterocycles. The normalized spacial score (nSPS) is 16.0. The van der Waals surface area contributed by atoms with E-state index in [9.17, 15) is 19.2 Å². The second kappa shape index (κ2) is 15.4. The third-order valence-corrected chi connectivity index (χ3v) is 10.2. The molecule has 2 fully saturated rings. The van der Waals surface area contributed by atoms with Gasteiger partial charge in [-0.15, -0.1) is 0 Å². The SMILES string of the molecule is Cc1cc(-c2ccc(N(C)c3cc(C4CCOCC4)c4c(c3)n(C)c(=O)n4C)cn2)cnc1C(=O)NCC#Cc1cccc(NC2CCC(=O)NC2=O)c1. The zero-order valence-electron chi connectivity index (χ0n) is 30.7. The average Bonchev–Trinajstić information content (AvgIpc) is 3.40. The van der Waals surface area contributed by atoms with Gasteiger partial charge in [0.2, 0.25) is 11.8 Å². The Kier molecular flexibility index (Phi) is 10.3. The summed E-state index contributed by atoms with van der Waals surface area (Å²) in [5, 5.41) is 8.31. The van der Waals surface area contributed by atoms with Gasteiger partial charge in [-0.2, -0.15) is 0 Å². The Hall–Kier alpha value is -6.26. The summed E-state index contributed by atoms with van der Waals surface area (Å²) in [6.45, 7) is 3.37. The van der Waals surface area contributed by atoms with Crippen LogP contribution in [0, 0.1) is 18.8 Å². The number of hydrogen-bond donors (Lipinski definition) is 3. The topological polar surface area (TPSA) is 152 Å². The fourth-order valence-corrected chi connectivity index (χ4v) is 7.11. The number of ether oxygens (including phenoxy) is 1. The molecule has 0 radical (unpaired) electrons. The van der Waals surface area contributed by atoms with Crippen LogP contribution in [0.3, 0.4) is 0 Å². The van der Waals surface area contributed by atoms with E-state index >= 15 is 0 Å². The number of carbonyl (C=O) groups excluding carboxylic acids is 3. The maximum atomic E-state index is 13.0. The minimum absolute atomic E-state index is 0.0497. The van der Waals surface area contributed by atoms with E-state index in [1.54, 1.807) is 15.3 Å². The highest BCUT2D eigenvalue weighted by molar-refractivity contribution is 6.01. The van der Waals surface area contributed by atoms with Crippen molar-refractivity contribution < 1.29 is 19.1 Å². The Labute approximate surface area is 312 Å². The lowest BCUT2D eigenvalue weighted by Crippen LogP contribution is -2.47. The number of imide groups is 1. The molecule has 13 nitrogen and oxygen atoms in total. The number of benzene rings is 2. The zero-order valence-corrected chi connectivity index (χ0v) is 30.7. The first-order chi connectivity index (χ1) is 26.1. The van der Waals surface area contributed by atoms with E-state index in [1.165, 1.54) is 0 Å². The molecule has 5 aromatic rings. The summed E-state index contributed by atoms with van der Waals surface area (Å²) in [5.41, 5.74) is 8.77. The molecule has 13 heteroatoms. The predicted molar refractivity (Wildman–Crippen MR) is 207 cm³/mol. The highest BCUT2D eigenvalue weighted by atomic mass is 16.5. The largest absolute Gasteiger partial charge is 0.381 e. The van der Waals surface area contributed by atoms with Gasteiger partial charge in [0.15, 0.2) is 0 Å². The van der Waals surface area contributed by atoms with Crippen molar-refractivity contribution in [2.45, 2.75) is 44.6 Å². The number of hydrogen-bond acceptors (Lipinski definition) is 9. The first-order valence-corrected chi connectivity index (χ1v) is 18.0. The quantitative estimate of drug-likeness (QED) is 0.157. The smallest absolute Gasteiger partial charge is 0.328 e. The number of amides is 3. The minimum atomic E-state index is -0.485. The van der Waals surface area contributed by atoms with E-state index in [0.29, 0.717) is 48.8 Å². The number of imidazole rings is 1. The summed E-state index contributed by atoms with van der Waals surface area (Å²) in [7, 11) is 5.64. The van der Waals surface area contributed by atoms with Crippen LogP contribution in [0.15, 0.2) is 71.8 Å². The fraction of sp³-hybridized carbons (Fsp3) is 0.317. The van der Waals surface area contributed by atoms with Gasteiger partial charge in [-0.3, -0.25) is 38.8 Å². The van der Waals surface area contributed by atoms with Crippen LogP contribution in [-0.2, 0) is 28.4 Å². The molecular weight excluding hydrogens is 685 g/mol. The van der Waals surface area contributed by atoms with Crippen molar-refractivity contribution in [2.75, 3.05) is 37.0 Å². The summed E-state index contributed by atoms with van der Waals surface area (Å²) >= 11 is 0. The molecule has 3 aromatic heterocycles. The van der Waals surface area contributed by atoms with Crippen molar-refractivity contribution in [2.24, 2.45) is 14.1 Å². The first kappa shape index (κ1) is 36.1. The Morgan fingerprint density at radius 1 is 0.981 bits per heavy atom. The lowest BCUT2D eigenvalue weighted by atomic mass is 9.90. The van der Waals surface area contributed by atoms with Gasteiger partial charge in [-0.25, -0.2) is 4.79 Å². The van der Waals surface area contributed by atoms with Crippen LogP contribution >= 0.6 is 0 Å². The summed E-state index contributed by atoms with van der Waals surface area (Å²) in [6, 6.07) is 16.9. The van der Waals surface area contributed by atoms with Crippen LogP contribution in [0.2, 0.25) is 0 Å². The van der Waals surface area contributed by atoms with E-state index in [0.717, 1.165) is 57.8 Å². The molecule has 0 aliphatic carbocycles. The van der Waals surface area contributed by atoms with Crippen molar-refractivity contribution >= 4 is 45.8 Å². The maximum Gasteiger partial charge on any atom is 0.328 e. The van der Waals surface area contributed by atoms with Crippen molar-refractivity contribution in [1.29, 1.82) is 0 Å². The molecule has 2 saturated heterocycles. The monoisotopic (exact) mass is 726 g/mol. The average molecular weight is 727 g/mol. The Balaban J connectivity index is 1.00. The van der Waals surface area contributed by atoms with Crippen LogP contribution in [0.1, 0.15) is 58.8 Å². The highest BCUT2D eigenvalue weighted by Crippen LogP contribution is 2.37. The summed E-state index contributed by atoms with van der Waals surface area (Å²) < 4.78 is 9.08. The van der Waals surface area contributed by atoms with E-state index in [2.05, 4.69) is 49.8 Å².